The first-order valence-electron chi connectivity index (χ1n) is 4.11. The Bertz CT molecular complexity index is 411. The number of nitrogens with zero attached hydrogens (tertiary/aromatic N) is 4. The summed E-state index contributed by atoms with van der Waals surface area (Å²) in [5.74, 6) is 0. The van der Waals surface area contributed by atoms with E-state index in [9.17, 15) is 0 Å². The lowest BCUT2D eigenvalue weighted by molar-refractivity contribution is 1.09. The Hall–Kier alpha value is -2.04. The van der Waals surface area contributed by atoms with Crippen molar-refractivity contribution in [1.82, 2.24) is 19.9 Å². The van der Waals surface area contributed by atoms with Crippen LogP contribution in [0.15, 0.2) is 25.0 Å². The summed E-state index contributed by atoms with van der Waals surface area (Å²) in [6.07, 6.45) is 6.21. The van der Waals surface area contributed by atoms with Crippen molar-refractivity contribution < 1.29 is 0 Å². The average molecular weight is 187 g/mol. The minimum atomic E-state index is 0.533. The molecule has 14 heavy (non-hydrogen) atoms. The summed E-state index contributed by atoms with van der Waals surface area (Å²) in [5, 5.41) is 0. The molecule has 2 aromatic heterocycles. The molecule has 0 aliphatic rings. The molecule has 70 valence electrons. The smallest absolute Gasteiger partial charge is 0.116 e. The van der Waals surface area contributed by atoms with E-state index >= 15 is 0 Å². The maximum Gasteiger partial charge on any atom is 0.116 e. The predicted octanol–water partition coefficient (Wildman–Crippen LogP) is 0.824. The second-order valence-electron chi connectivity index (χ2n) is 2.85. The zero-order valence-corrected chi connectivity index (χ0v) is 7.68. The van der Waals surface area contributed by atoms with E-state index < -0.39 is 0 Å². The highest BCUT2D eigenvalue weighted by Gasteiger charge is 2.07. The van der Waals surface area contributed by atoms with Gasteiger partial charge in [0.2, 0.25) is 0 Å². The van der Waals surface area contributed by atoms with Crippen molar-refractivity contribution in [1.29, 1.82) is 0 Å². The van der Waals surface area contributed by atoms with Crippen molar-refractivity contribution in [2.24, 2.45) is 0 Å². The fourth-order valence-electron chi connectivity index (χ4n) is 1.19. The number of anilines is 1. The van der Waals surface area contributed by atoms with Gasteiger partial charge in [-0.3, -0.25) is 0 Å². The molecule has 0 saturated heterocycles. The molecule has 5 heteroatoms. The van der Waals surface area contributed by atoms with Gasteiger partial charge in [0.05, 0.1) is 23.3 Å². The summed E-state index contributed by atoms with van der Waals surface area (Å²) >= 11 is 0. The molecule has 2 rings (SSSR count). The van der Waals surface area contributed by atoms with Crippen LogP contribution in [0.5, 0.6) is 0 Å². The Morgan fingerprint density at radius 3 is 2.50 bits per heavy atom. The summed E-state index contributed by atoms with van der Waals surface area (Å²) < 4.78 is 0. The van der Waals surface area contributed by atoms with Crippen LogP contribution in [-0.2, 0) is 0 Å². The molecule has 0 atom stereocenters. The molecule has 2 aromatic rings. The van der Waals surface area contributed by atoms with Gasteiger partial charge in [0.1, 0.15) is 12.7 Å². The van der Waals surface area contributed by atoms with E-state index in [4.69, 9.17) is 5.73 Å². The minimum Gasteiger partial charge on any atom is -0.396 e. The Morgan fingerprint density at radius 2 is 1.79 bits per heavy atom. The SMILES string of the molecule is Cc1ncncc1-c1ncncc1N. The summed E-state index contributed by atoms with van der Waals surface area (Å²) in [4.78, 5) is 15.9. The van der Waals surface area contributed by atoms with Gasteiger partial charge in [0.15, 0.2) is 0 Å². The van der Waals surface area contributed by atoms with Crippen LogP contribution in [0, 0.1) is 6.92 Å². The minimum absolute atomic E-state index is 0.533. The first-order valence-corrected chi connectivity index (χ1v) is 4.11. The van der Waals surface area contributed by atoms with E-state index in [1.807, 2.05) is 6.92 Å². The van der Waals surface area contributed by atoms with Gasteiger partial charge < -0.3 is 5.73 Å². The molecule has 0 aliphatic carbocycles. The van der Waals surface area contributed by atoms with Gasteiger partial charge in [-0.05, 0) is 6.92 Å². The molecule has 0 aromatic carbocycles. The molecule has 0 unspecified atom stereocenters. The highest BCUT2D eigenvalue weighted by Crippen LogP contribution is 2.22. The standard InChI is InChI=1S/C9H9N5/c1-6-7(2-11-4-13-6)9-8(10)3-12-5-14-9/h2-5H,10H2,1H3. The van der Waals surface area contributed by atoms with Gasteiger partial charge in [-0.15, -0.1) is 0 Å². The van der Waals surface area contributed by atoms with Crippen molar-refractivity contribution in [3.8, 4) is 11.3 Å². The molecule has 5 nitrogen and oxygen atoms in total. The van der Waals surface area contributed by atoms with Crippen LogP contribution in [0.4, 0.5) is 5.69 Å². The monoisotopic (exact) mass is 187 g/mol. The van der Waals surface area contributed by atoms with E-state index in [2.05, 4.69) is 19.9 Å². The lowest BCUT2D eigenvalue weighted by Gasteiger charge is -2.04. The van der Waals surface area contributed by atoms with Crippen molar-refractivity contribution in [2.75, 3.05) is 5.73 Å². The lowest BCUT2D eigenvalue weighted by Crippen LogP contribution is -1.97. The van der Waals surface area contributed by atoms with Gasteiger partial charge in [0, 0.05) is 11.8 Å². The van der Waals surface area contributed by atoms with E-state index in [0.29, 0.717) is 11.4 Å². The molecule has 0 radical (unpaired) electrons. The molecule has 0 bridgehead atoms. The zero-order chi connectivity index (χ0) is 9.97. The summed E-state index contributed by atoms with van der Waals surface area (Å²) in [5.41, 5.74) is 8.64. The molecular formula is C9H9N5. The van der Waals surface area contributed by atoms with E-state index in [1.165, 1.54) is 12.7 Å². The molecule has 0 fully saturated rings. The Kier molecular flexibility index (Phi) is 2.06. The van der Waals surface area contributed by atoms with E-state index in [0.717, 1.165) is 11.3 Å². The van der Waals surface area contributed by atoms with Crippen molar-refractivity contribution in [3.05, 3.63) is 30.7 Å². The van der Waals surface area contributed by atoms with Crippen LogP contribution in [0.25, 0.3) is 11.3 Å². The van der Waals surface area contributed by atoms with Gasteiger partial charge in [-0.1, -0.05) is 0 Å². The third kappa shape index (κ3) is 1.39. The summed E-state index contributed by atoms with van der Waals surface area (Å²) in [6, 6.07) is 0. The first kappa shape index (κ1) is 8.55. The highest BCUT2D eigenvalue weighted by molar-refractivity contribution is 5.72. The van der Waals surface area contributed by atoms with Crippen molar-refractivity contribution >= 4 is 5.69 Å². The van der Waals surface area contributed by atoms with Crippen LogP contribution < -0.4 is 5.73 Å². The van der Waals surface area contributed by atoms with Gasteiger partial charge >= 0.3 is 0 Å². The highest BCUT2D eigenvalue weighted by atomic mass is 14.9. The number of nitrogens with two attached hydrogens (primary N) is 1. The number of hydrogen-bond donors (Lipinski definition) is 1. The van der Waals surface area contributed by atoms with Crippen molar-refractivity contribution in [3.63, 3.8) is 0 Å². The maximum atomic E-state index is 5.74. The third-order valence-corrected chi connectivity index (χ3v) is 1.91. The van der Waals surface area contributed by atoms with Crippen LogP contribution >= 0.6 is 0 Å². The fourth-order valence-corrected chi connectivity index (χ4v) is 1.19. The van der Waals surface area contributed by atoms with Crippen LogP contribution in [-0.4, -0.2) is 19.9 Å². The molecule has 0 spiro atoms. The molecule has 0 amide bonds. The largest absolute Gasteiger partial charge is 0.396 e. The number of nitrogen functional groups attached to an aromatic ring is 1. The first-order chi connectivity index (χ1) is 6.79. The molecule has 2 heterocycles. The van der Waals surface area contributed by atoms with Gasteiger partial charge in [-0.25, -0.2) is 19.9 Å². The Balaban J connectivity index is 2.61. The second kappa shape index (κ2) is 3.37. The van der Waals surface area contributed by atoms with E-state index in [-0.39, 0.29) is 0 Å². The molecular weight excluding hydrogens is 178 g/mol. The lowest BCUT2D eigenvalue weighted by atomic mass is 10.1. The topological polar surface area (TPSA) is 77.6 Å². The Labute approximate surface area is 81.1 Å². The average Bonchev–Trinajstić information content (AvgIpc) is 2.20. The predicted molar refractivity (Wildman–Crippen MR) is 52.2 cm³/mol. The van der Waals surface area contributed by atoms with Crippen LogP contribution in [0.2, 0.25) is 0 Å². The van der Waals surface area contributed by atoms with Gasteiger partial charge in [0.25, 0.3) is 0 Å². The normalized spacial score (nSPS) is 10.1. The zero-order valence-electron chi connectivity index (χ0n) is 7.68. The van der Waals surface area contributed by atoms with Crippen LogP contribution in [0.3, 0.4) is 0 Å². The Morgan fingerprint density at radius 1 is 1.07 bits per heavy atom. The quantitative estimate of drug-likeness (QED) is 0.715. The van der Waals surface area contributed by atoms with Crippen LogP contribution in [0.1, 0.15) is 5.69 Å². The number of aryl methyl sites for hydroxylation is 1. The third-order valence-electron chi connectivity index (χ3n) is 1.91. The van der Waals surface area contributed by atoms with Gasteiger partial charge in [-0.2, -0.15) is 0 Å². The molecule has 0 aliphatic heterocycles. The van der Waals surface area contributed by atoms with E-state index in [1.54, 1.807) is 12.4 Å². The maximum absolute atomic E-state index is 5.74. The molecule has 0 saturated carbocycles. The van der Waals surface area contributed by atoms with Crippen molar-refractivity contribution in [2.45, 2.75) is 6.92 Å². The fraction of sp³-hybridized carbons (Fsp3) is 0.111. The second-order valence-corrected chi connectivity index (χ2v) is 2.85. The molecule has 2 N–H and O–H groups in total. The summed E-state index contributed by atoms with van der Waals surface area (Å²) in [7, 11) is 0. The summed E-state index contributed by atoms with van der Waals surface area (Å²) in [6.45, 7) is 1.89. The number of aromatic nitrogens is 4. The number of rotatable bonds is 1. The number of hydrogen-bond acceptors (Lipinski definition) is 5.